The van der Waals surface area contributed by atoms with E-state index in [4.69, 9.17) is 11.5 Å². The van der Waals surface area contributed by atoms with Crippen molar-refractivity contribution in [3.05, 3.63) is 35.4 Å². The molecule has 1 aromatic rings. The van der Waals surface area contributed by atoms with Crippen molar-refractivity contribution in [1.29, 1.82) is 0 Å². The number of piperidine rings is 1. The highest BCUT2D eigenvalue weighted by Crippen LogP contribution is 2.29. The molecule has 8 heteroatoms. The van der Waals surface area contributed by atoms with Crippen molar-refractivity contribution in [3.63, 3.8) is 0 Å². The Balaban J connectivity index is 1.97. The third-order valence-electron chi connectivity index (χ3n) is 3.92. The summed E-state index contributed by atoms with van der Waals surface area (Å²) >= 11 is 0. The number of rotatable bonds is 2. The second-order valence-corrected chi connectivity index (χ2v) is 6.03. The molecule has 1 unspecified atom stereocenters. The van der Waals surface area contributed by atoms with E-state index in [0.717, 1.165) is 31.6 Å². The Hall–Kier alpha value is -2.25. The van der Waals surface area contributed by atoms with E-state index in [-0.39, 0.29) is 12.5 Å². The number of guanidine groups is 2. The van der Waals surface area contributed by atoms with Gasteiger partial charge in [0, 0.05) is 13.1 Å². The summed E-state index contributed by atoms with van der Waals surface area (Å²) in [5, 5.41) is 0. The van der Waals surface area contributed by atoms with Gasteiger partial charge in [-0.15, -0.1) is 0 Å². The van der Waals surface area contributed by atoms with Crippen LogP contribution < -0.4 is 11.5 Å². The predicted octanol–water partition coefficient (Wildman–Crippen LogP) is 2.57. The van der Waals surface area contributed by atoms with Crippen molar-refractivity contribution >= 4 is 11.9 Å². The molecule has 1 heterocycles. The number of halogens is 3. The van der Waals surface area contributed by atoms with E-state index in [0.29, 0.717) is 17.4 Å². The van der Waals surface area contributed by atoms with Gasteiger partial charge in [-0.2, -0.15) is 18.2 Å². The van der Waals surface area contributed by atoms with Crippen LogP contribution >= 0.6 is 0 Å². The molecule has 24 heavy (non-hydrogen) atoms. The molecule has 1 saturated heterocycles. The molecule has 1 fully saturated rings. The molecule has 1 aliphatic rings. The van der Waals surface area contributed by atoms with Crippen LogP contribution in [0.25, 0.3) is 0 Å². The summed E-state index contributed by atoms with van der Waals surface area (Å²) in [6.07, 6.45) is -2.12. The van der Waals surface area contributed by atoms with Crippen molar-refractivity contribution in [3.8, 4) is 0 Å². The fourth-order valence-corrected chi connectivity index (χ4v) is 2.59. The minimum absolute atomic E-state index is 0.0191. The first kappa shape index (κ1) is 18.1. The smallest absolute Gasteiger partial charge is 0.369 e. The van der Waals surface area contributed by atoms with Crippen LogP contribution in [0.2, 0.25) is 0 Å². The van der Waals surface area contributed by atoms with Crippen LogP contribution in [0.3, 0.4) is 0 Å². The largest absolute Gasteiger partial charge is 0.416 e. The van der Waals surface area contributed by atoms with E-state index in [1.54, 1.807) is 0 Å². The van der Waals surface area contributed by atoms with Crippen molar-refractivity contribution in [2.45, 2.75) is 32.5 Å². The summed E-state index contributed by atoms with van der Waals surface area (Å²) in [6, 6.07) is 4.79. The van der Waals surface area contributed by atoms with Crippen LogP contribution in [0.4, 0.5) is 13.2 Å². The molecule has 5 nitrogen and oxygen atoms in total. The van der Waals surface area contributed by atoms with Crippen molar-refractivity contribution in [1.82, 2.24) is 4.90 Å². The van der Waals surface area contributed by atoms with Gasteiger partial charge >= 0.3 is 6.18 Å². The third kappa shape index (κ3) is 5.14. The minimum atomic E-state index is -4.34. The van der Waals surface area contributed by atoms with Gasteiger partial charge < -0.3 is 16.4 Å². The van der Waals surface area contributed by atoms with Gasteiger partial charge in [0.15, 0.2) is 5.96 Å². The molecule has 0 spiro atoms. The zero-order chi connectivity index (χ0) is 17.7. The molecule has 2 rings (SSSR count). The van der Waals surface area contributed by atoms with E-state index < -0.39 is 11.7 Å². The molecule has 4 N–H and O–H groups in total. The Morgan fingerprint density at radius 2 is 1.92 bits per heavy atom. The second kappa shape index (κ2) is 7.55. The number of nitrogens with two attached hydrogens (primary N) is 2. The molecule has 0 bridgehead atoms. The maximum Gasteiger partial charge on any atom is 0.416 e. The first-order valence-corrected chi connectivity index (χ1v) is 7.81. The molecule has 1 aromatic carbocycles. The molecule has 0 saturated carbocycles. The number of hydrogen-bond donors (Lipinski definition) is 2. The molecular weight excluding hydrogens is 319 g/mol. The summed E-state index contributed by atoms with van der Waals surface area (Å²) in [6.45, 7) is 3.98. The second-order valence-electron chi connectivity index (χ2n) is 6.03. The van der Waals surface area contributed by atoms with Crippen LogP contribution in [-0.4, -0.2) is 29.9 Å². The van der Waals surface area contributed by atoms with Gasteiger partial charge in [-0.05, 0) is 36.5 Å². The lowest BCUT2D eigenvalue weighted by atomic mass is 10.0. The molecule has 132 valence electrons. The van der Waals surface area contributed by atoms with Crippen LogP contribution in [0.5, 0.6) is 0 Å². The fourth-order valence-electron chi connectivity index (χ4n) is 2.59. The number of hydrogen-bond acceptors (Lipinski definition) is 1. The molecule has 0 aliphatic carbocycles. The van der Waals surface area contributed by atoms with E-state index in [1.807, 2.05) is 4.90 Å². The van der Waals surface area contributed by atoms with Crippen molar-refractivity contribution in [2.24, 2.45) is 27.4 Å². The third-order valence-corrected chi connectivity index (χ3v) is 3.92. The molecule has 0 radical (unpaired) electrons. The Morgan fingerprint density at radius 3 is 2.50 bits per heavy atom. The topological polar surface area (TPSA) is 80.0 Å². The average Bonchev–Trinajstić information content (AvgIpc) is 2.52. The molecule has 1 atom stereocenters. The quantitative estimate of drug-likeness (QED) is 0.641. The summed E-state index contributed by atoms with van der Waals surface area (Å²) in [5.74, 6) is 0.902. The van der Waals surface area contributed by atoms with Crippen LogP contribution in [0.15, 0.2) is 34.3 Å². The summed E-state index contributed by atoms with van der Waals surface area (Å²) < 4.78 is 37.5. The number of likely N-dealkylation sites (tertiary alicyclic amines) is 1. The maximum absolute atomic E-state index is 12.5. The number of benzene rings is 1. The minimum Gasteiger partial charge on any atom is -0.369 e. The normalized spacial score (nSPS) is 20.3. The number of nitrogens with zero attached hydrogens (tertiary/aromatic N) is 3. The zero-order valence-corrected chi connectivity index (χ0v) is 13.6. The van der Waals surface area contributed by atoms with Gasteiger partial charge in [-0.3, -0.25) is 0 Å². The van der Waals surface area contributed by atoms with Gasteiger partial charge in [0.05, 0.1) is 12.1 Å². The predicted molar refractivity (Wildman–Crippen MR) is 88.4 cm³/mol. The van der Waals surface area contributed by atoms with Gasteiger partial charge in [0.25, 0.3) is 0 Å². The SMILES string of the molecule is CC1CCCN(C(N)=NC(N)=NCc2ccc(C(F)(F)F)cc2)C1. The van der Waals surface area contributed by atoms with Gasteiger partial charge in [0.2, 0.25) is 5.96 Å². The maximum atomic E-state index is 12.5. The first-order chi connectivity index (χ1) is 11.3. The first-order valence-electron chi connectivity index (χ1n) is 7.81. The lowest BCUT2D eigenvalue weighted by Gasteiger charge is -2.31. The lowest BCUT2D eigenvalue weighted by molar-refractivity contribution is -0.137. The highest BCUT2D eigenvalue weighted by atomic mass is 19.4. The molecule has 0 amide bonds. The van der Waals surface area contributed by atoms with Crippen LogP contribution in [-0.2, 0) is 12.7 Å². The monoisotopic (exact) mass is 341 g/mol. The van der Waals surface area contributed by atoms with Crippen LogP contribution in [0, 0.1) is 5.92 Å². The highest BCUT2D eigenvalue weighted by Gasteiger charge is 2.29. The summed E-state index contributed by atoms with van der Waals surface area (Å²) in [7, 11) is 0. The van der Waals surface area contributed by atoms with E-state index >= 15 is 0 Å². The average molecular weight is 341 g/mol. The Kier molecular flexibility index (Phi) is 5.69. The van der Waals surface area contributed by atoms with E-state index in [9.17, 15) is 13.2 Å². The number of aliphatic imine (C=N–C) groups is 2. The Morgan fingerprint density at radius 1 is 1.25 bits per heavy atom. The van der Waals surface area contributed by atoms with Gasteiger partial charge in [-0.25, -0.2) is 4.99 Å². The Labute approximate surface area is 139 Å². The summed E-state index contributed by atoms with van der Waals surface area (Å²) in [5.41, 5.74) is 11.6. The van der Waals surface area contributed by atoms with E-state index in [1.165, 1.54) is 18.6 Å². The Bertz CT molecular complexity index is 607. The lowest BCUT2D eigenvalue weighted by Crippen LogP contribution is -2.44. The standard InChI is InChI=1S/C16H22F3N5/c1-11-3-2-8-24(10-11)15(21)23-14(20)22-9-12-4-6-13(7-5-12)16(17,18)19/h4-7,11H,2-3,8-10H2,1H3,(H4,20,21,22,23). The van der Waals surface area contributed by atoms with E-state index in [2.05, 4.69) is 16.9 Å². The van der Waals surface area contributed by atoms with Crippen molar-refractivity contribution in [2.75, 3.05) is 13.1 Å². The van der Waals surface area contributed by atoms with Crippen LogP contribution in [0.1, 0.15) is 30.9 Å². The molecule has 0 aromatic heterocycles. The highest BCUT2D eigenvalue weighted by molar-refractivity contribution is 5.93. The van der Waals surface area contributed by atoms with Gasteiger partial charge in [0.1, 0.15) is 0 Å². The fraction of sp³-hybridized carbons (Fsp3) is 0.500. The zero-order valence-electron chi connectivity index (χ0n) is 13.6. The van der Waals surface area contributed by atoms with Gasteiger partial charge in [-0.1, -0.05) is 19.1 Å². The molecule has 1 aliphatic heterocycles. The summed E-state index contributed by atoms with van der Waals surface area (Å²) in [4.78, 5) is 10.1. The van der Waals surface area contributed by atoms with Crippen molar-refractivity contribution < 1.29 is 13.2 Å². The number of alkyl halides is 3. The molecular formula is C16H22F3N5.